The van der Waals surface area contributed by atoms with Gasteiger partial charge in [-0.3, -0.25) is 19.2 Å². The molecular weight excluding hydrogens is 899 g/mol. The SMILES string of the molecule is CC(C)(C)C(=O)CN1C(=O)[C@H](N)CN(C2CCCCC2)c2ccccc21.CC(C)(C)C(=O)CN1C(=O)[C@H](NC(=O)Nc2cccc(C(=O)O)c2)CN(C2CCCCC2)c2ccccc21.O=C(O)C(=O)O. The topological polar surface area (TPSA) is 260 Å². The lowest BCUT2D eigenvalue weighted by molar-refractivity contribution is -0.159. The van der Waals surface area contributed by atoms with Crippen LogP contribution in [0.25, 0.3) is 0 Å². The molecule has 2 fully saturated rings. The monoisotopic (exact) mass is 968 g/mol. The number of carbonyl (C=O) groups excluding carboxylic acids is 5. The fraction of sp³-hybridized carbons (Fsp3) is 0.500. The Morgan fingerprint density at radius 2 is 1.01 bits per heavy atom. The van der Waals surface area contributed by atoms with E-state index in [1.807, 2.05) is 84.0 Å². The molecule has 0 bridgehead atoms. The van der Waals surface area contributed by atoms with Crippen LogP contribution in [0.3, 0.4) is 0 Å². The summed E-state index contributed by atoms with van der Waals surface area (Å²) in [5.74, 6) is -5.31. The summed E-state index contributed by atoms with van der Waals surface area (Å²) >= 11 is 0. The standard InChI is InChI=1S/C29H36N4O5.C21H31N3O2.C2H2O4/c1-29(2,3)25(34)18-33-24-15-8-7-14-23(24)32(21-12-5-4-6-13-21)17-22(26(33)35)31-28(38)30-20-11-9-10-19(16-20)27(36)37;1-21(2,3)19(25)14-24-18-12-8-7-11-17(18)23(13-16(22)20(24)26)15-9-5-4-6-10-15;3-1(4)2(5)6/h7-11,14-16,21-22H,4-6,12-13,17-18H2,1-3H3,(H,36,37)(H2,30,31,38);7-8,11-12,15-16H,4-6,9-10,13-14,22H2,1-3H3;(H,3,4)(H,5,6)/t22-;16-;/m11./s1. The summed E-state index contributed by atoms with van der Waals surface area (Å²) in [6.07, 6.45) is 11.3. The average Bonchev–Trinajstić information content (AvgIpc) is 3.50. The number of fused-ring (bicyclic) bond motifs is 2. The summed E-state index contributed by atoms with van der Waals surface area (Å²) in [4.78, 5) is 103. The van der Waals surface area contributed by atoms with Crippen LogP contribution in [0.15, 0.2) is 72.8 Å². The molecule has 70 heavy (non-hydrogen) atoms. The van der Waals surface area contributed by atoms with Crippen molar-refractivity contribution >= 4 is 75.8 Å². The first-order valence-corrected chi connectivity index (χ1v) is 24.0. The van der Waals surface area contributed by atoms with E-state index in [0.29, 0.717) is 24.0 Å². The Morgan fingerprint density at radius 3 is 1.44 bits per heavy atom. The second-order valence-corrected chi connectivity index (χ2v) is 20.3. The largest absolute Gasteiger partial charge is 0.478 e. The van der Waals surface area contributed by atoms with Gasteiger partial charge in [-0.1, -0.05) is 110 Å². The van der Waals surface area contributed by atoms with E-state index in [1.54, 1.807) is 11.0 Å². The molecule has 2 aliphatic carbocycles. The van der Waals surface area contributed by atoms with Crippen molar-refractivity contribution in [3.05, 3.63) is 78.4 Å². The van der Waals surface area contributed by atoms with Crippen molar-refractivity contribution in [1.82, 2.24) is 5.32 Å². The maximum Gasteiger partial charge on any atom is 0.414 e. The number of para-hydroxylation sites is 4. The van der Waals surface area contributed by atoms with Gasteiger partial charge in [0.2, 0.25) is 5.91 Å². The van der Waals surface area contributed by atoms with Crippen LogP contribution in [0.4, 0.5) is 33.2 Å². The number of Topliss-reactive ketones (excluding diaryl/α,β-unsaturated/α-hetero) is 2. The Hall–Kier alpha value is -6.82. The highest BCUT2D eigenvalue weighted by Gasteiger charge is 2.40. The number of hydrogen-bond donors (Lipinski definition) is 6. The zero-order valence-electron chi connectivity index (χ0n) is 41.1. The molecule has 0 unspecified atom stereocenters. The van der Waals surface area contributed by atoms with E-state index in [1.165, 1.54) is 48.8 Å². The molecule has 2 heterocycles. The quantitative estimate of drug-likeness (QED) is 0.119. The van der Waals surface area contributed by atoms with Crippen molar-refractivity contribution < 1.29 is 53.7 Å². The number of ketones is 2. The molecule has 378 valence electrons. The van der Waals surface area contributed by atoms with E-state index < -0.39 is 46.9 Å². The molecule has 4 aliphatic rings. The van der Waals surface area contributed by atoms with Crippen LogP contribution in [-0.2, 0) is 28.8 Å². The van der Waals surface area contributed by atoms with Crippen LogP contribution >= 0.6 is 0 Å². The highest BCUT2D eigenvalue weighted by molar-refractivity contribution is 6.27. The minimum Gasteiger partial charge on any atom is -0.478 e. The van der Waals surface area contributed by atoms with Crippen LogP contribution in [0.2, 0.25) is 0 Å². The Morgan fingerprint density at radius 1 is 0.586 bits per heavy atom. The molecule has 3 aromatic rings. The molecule has 0 aromatic heterocycles. The van der Waals surface area contributed by atoms with Gasteiger partial charge >= 0.3 is 23.9 Å². The van der Waals surface area contributed by atoms with Gasteiger partial charge in [0.15, 0.2) is 11.6 Å². The number of hydrogen-bond acceptors (Lipinski definition) is 11. The molecule has 0 radical (unpaired) electrons. The van der Waals surface area contributed by atoms with Crippen molar-refractivity contribution in [3.8, 4) is 0 Å². The fourth-order valence-electron chi connectivity index (χ4n) is 8.99. The lowest BCUT2D eigenvalue weighted by atomic mass is 9.90. The maximum atomic E-state index is 14.0. The summed E-state index contributed by atoms with van der Waals surface area (Å²) in [5, 5.41) is 29.5. The van der Waals surface area contributed by atoms with Gasteiger partial charge in [-0.15, -0.1) is 0 Å². The van der Waals surface area contributed by atoms with Gasteiger partial charge in [0.1, 0.15) is 12.1 Å². The van der Waals surface area contributed by atoms with Gasteiger partial charge in [-0.2, -0.15) is 0 Å². The van der Waals surface area contributed by atoms with Gasteiger partial charge in [0.25, 0.3) is 5.91 Å². The molecule has 0 spiro atoms. The van der Waals surface area contributed by atoms with Crippen LogP contribution in [-0.4, -0.2) is 113 Å². The minimum atomic E-state index is -1.82. The van der Waals surface area contributed by atoms with E-state index in [-0.39, 0.29) is 54.6 Å². The number of aliphatic carboxylic acids is 2. The van der Waals surface area contributed by atoms with Crippen molar-refractivity contribution in [2.24, 2.45) is 16.6 Å². The van der Waals surface area contributed by atoms with E-state index in [0.717, 1.165) is 55.6 Å². The third-order valence-electron chi connectivity index (χ3n) is 13.0. The number of urea groups is 1. The first-order valence-electron chi connectivity index (χ1n) is 24.0. The summed E-state index contributed by atoms with van der Waals surface area (Å²) in [6, 6.07) is 19.9. The summed E-state index contributed by atoms with van der Waals surface area (Å²) < 4.78 is 0. The number of carboxylic acid groups (broad SMARTS) is 3. The van der Waals surface area contributed by atoms with Crippen molar-refractivity contribution in [2.45, 2.75) is 130 Å². The normalized spacial score (nSPS) is 18.8. The second-order valence-electron chi connectivity index (χ2n) is 20.3. The number of benzene rings is 3. The predicted octanol–water partition coefficient (Wildman–Crippen LogP) is 6.95. The average molecular weight is 968 g/mol. The number of nitrogens with zero attached hydrogens (tertiary/aromatic N) is 4. The molecule has 7 N–H and O–H groups in total. The molecule has 18 nitrogen and oxygen atoms in total. The molecule has 7 rings (SSSR count). The molecule has 4 amide bonds. The van der Waals surface area contributed by atoms with Crippen molar-refractivity contribution in [1.29, 1.82) is 0 Å². The molecule has 2 atom stereocenters. The number of amides is 4. The summed E-state index contributed by atoms with van der Waals surface area (Å²) in [6.45, 7) is 11.9. The van der Waals surface area contributed by atoms with Gasteiger partial charge in [0.05, 0.1) is 41.4 Å². The lowest BCUT2D eigenvalue weighted by Crippen LogP contribution is -2.55. The first-order chi connectivity index (χ1) is 33.0. The molecule has 2 aliphatic heterocycles. The minimum absolute atomic E-state index is 0.0407. The first kappa shape index (κ1) is 54.1. The Kier molecular flexibility index (Phi) is 18.3. The highest BCUT2D eigenvalue weighted by Crippen LogP contribution is 2.39. The Labute approximate surface area is 409 Å². The smallest absolute Gasteiger partial charge is 0.414 e. The van der Waals surface area contributed by atoms with E-state index in [9.17, 15) is 33.9 Å². The summed E-state index contributed by atoms with van der Waals surface area (Å²) in [5.41, 5.74) is 8.89. The number of nitrogens with one attached hydrogen (secondary N) is 2. The number of aromatic carboxylic acids is 1. The van der Waals surface area contributed by atoms with Crippen molar-refractivity contribution in [3.63, 3.8) is 0 Å². The number of nitrogens with two attached hydrogens (primary N) is 1. The van der Waals surface area contributed by atoms with Crippen LogP contribution in [0.1, 0.15) is 116 Å². The van der Waals surface area contributed by atoms with Gasteiger partial charge in [-0.05, 0) is 68.1 Å². The predicted molar refractivity (Wildman–Crippen MR) is 268 cm³/mol. The Balaban J connectivity index is 0.000000246. The number of carbonyl (C=O) groups is 8. The number of carboxylic acids is 3. The molecule has 0 saturated heterocycles. The van der Waals surface area contributed by atoms with Gasteiger partial charge < -0.3 is 51.3 Å². The third kappa shape index (κ3) is 14.1. The lowest BCUT2D eigenvalue weighted by Gasteiger charge is -2.37. The number of rotatable bonds is 9. The zero-order chi connectivity index (χ0) is 51.5. The second kappa shape index (κ2) is 23.7. The van der Waals surface area contributed by atoms with Crippen LogP contribution < -0.4 is 36.0 Å². The van der Waals surface area contributed by atoms with Crippen molar-refractivity contribution in [2.75, 3.05) is 51.1 Å². The van der Waals surface area contributed by atoms with Crippen LogP contribution in [0, 0.1) is 10.8 Å². The van der Waals surface area contributed by atoms with E-state index in [4.69, 9.17) is 25.5 Å². The molecule has 18 heteroatoms. The highest BCUT2D eigenvalue weighted by atomic mass is 16.4. The fourth-order valence-corrected chi connectivity index (χ4v) is 8.99. The third-order valence-corrected chi connectivity index (χ3v) is 13.0. The Bertz CT molecular complexity index is 2390. The summed E-state index contributed by atoms with van der Waals surface area (Å²) in [7, 11) is 0. The maximum absolute atomic E-state index is 14.0. The number of anilines is 5. The van der Waals surface area contributed by atoms with Gasteiger partial charge in [0, 0.05) is 41.7 Å². The molecule has 2 saturated carbocycles. The molecule has 3 aromatic carbocycles. The van der Waals surface area contributed by atoms with Gasteiger partial charge in [-0.25, -0.2) is 19.2 Å². The molecular formula is C52H69N7O11. The van der Waals surface area contributed by atoms with Crippen LogP contribution in [0.5, 0.6) is 0 Å². The van der Waals surface area contributed by atoms with E-state index in [2.05, 4.69) is 26.5 Å². The zero-order valence-corrected chi connectivity index (χ0v) is 41.1. The van der Waals surface area contributed by atoms with E-state index >= 15 is 0 Å².